The summed E-state index contributed by atoms with van der Waals surface area (Å²) in [6.45, 7) is 0. The van der Waals surface area contributed by atoms with Crippen LogP contribution in [0.1, 0.15) is 11.1 Å². The number of rotatable bonds is 4. The predicted octanol–water partition coefficient (Wildman–Crippen LogP) is 6.11. The second kappa shape index (κ2) is 6.92. The highest BCUT2D eigenvalue weighted by molar-refractivity contribution is 9.10. The molecular weight excluding hydrogens is 362 g/mol. The lowest BCUT2D eigenvalue weighted by atomic mass is 10.0. The lowest BCUT2D eigenvalue weighted by Crippen LogP contribution is -1.93. The minimum atomic E-state index is -0.302. The fourth-order valence-electron chi connectivity index (χ4n) is 2.20. The quantitative estimate of drug-likeness (QED) is 0.535. The smallest absolute Gasteiger partial charge is 0.127 e. The lowest BCUT2D eigenvalue weighted by Gasteiger charge is -2.08. The summed E-state index contributed by atoms with van der Waals surface area (Å²) >= 11 is 3.25. The van der Waals surface area contributed by atoms with E-state index in [-0.39, 0.29) is 11.6 Å². The van der Waals surface area contributed by atoms with Crippen molar-refractivity contribution in [3.63, 3.8) is 0 Å². The van der Waals surface area contributed by atoms with Crippen LogP contribution in [0.2, 0.25) is 0 Å². The van der Waals surface area contributed by atoms with Gasteiger partial charge in [0, 0.05) is 10.9 Å². The van der Waals surface area contributed by atoms with Crippen molar-refractivity contribution in [1.82, 2.24) is 0 Å². The maximum atomic E-state index is 13.9. The Morgan fingerprint density at radius 1 is 0.783 bits per heavy atom. The van der Waals surface area contributed by atoms with Gasteiger partial charge in [0.05, 0.1) is 0 Å². The van der Waals surface area contributed by atoms with E-state index in [2.05, 4.69) is 15.9 Å². The van der Waals surface area contributed by atoms with Gasteiger partial charge in [-0.15, -0.1) is 0 Å². The number of hydrogen-bond donors (Lipinski definition) is 0. The zero-order valence-electron chi connectivity index (χ0n) is 12.1. The summed E-state index contributed by atoms with van der Waals surface area (Å²) in [5.74, 6) is 0.685. The Balaban J connectivity index is 1.70. The van der Waals surface area contributed by atoms with Gasteiger partial charge in [0.2, 0.25) is 0 Å². The van der Waals surface area contributed by atoms with Gasteiger partial charge < -0.3 is 4.74 Å². The van der Waals surface area contributed by atoms with Crippen molar-refractivity contribution in [2.75, 3.05) is 0 Å². The summed E-state index contributed by atoms with van der Waals surface area (Å²) in [7, 11) is 0. The monoisotopic (exact) mass is 374 g/mol. The first-order valence-corrected chi connectivity index (χ1v) is 7.86. The average Bonchev–Trinajstić information content (AvgIpc) is 2.54. The lowest BCUT2D eigenvalue weighted by molar-refractivity contribution is 0.480. The summed E-state index contributed by atoms with van der Waals surface area (Å²) in [5, 5.41) is 0. The van der Waals surface area contributed by atoms with Crippen molar-refractivity contribution in [1.29, 1.82) is 0 Å². The molecule has 0 aromatic heterocycles. The van der Waals surface area contributed by atoms with E-state index in [0.717, 1.165) is 10.0 Å². The normalized spacial score (nSPS) is 10.6. The topological polar surface area (TPSA) is 9.23 Å². The molecule has 0 radical (unpaired) electrons. The molecule has 3 rings (SSSR count). The number of benzene rings is 3. The summed E-state index contributed by atoms with van der Waals surface area (Å²) < 4.78 is 33.1. The standard InChI is InChI=1S/C19H13BrF2O/c20-15-4-3-14(19(22)12-15)11-13-1-7-17(8-2-13)23-18-9-5-16(21)6-10-18/h1-10,12H,11H2. The first kappa shape index (κ1) is 15.7. The van der Waals surface area contributed by atoms with Gasteiger partial charge in [-0.3, -0.25) is 0 Å². The van der Waals surface area contributed by atoms with Gasteiger partial charge in [0.25, 0.3) is 0 Å². The molecule has 4 heteroatoms. The van der Waals surface area contributed by atoms with E-state index in [1.165, 1.54) is 18.2 Å². The summed E-state index contributed by atoms with van der Waals surface area (Å²) in [6.07, 6.45) is 0.510. The fourth-order valence-corrected chi connectivity index (χ4v) is 2.53. The Hall–Kier alpha value is -2.20. The summed E-state index contributed by atoms with van der Waals surface area (Å²) in [4.78, 5) is 0. The van der Waals surface area contributed by atoms with Crippen LogP contribution in [0.4, 0.5) is 8.78 Å². The molecule has 23 heavy (non-hydrogen) atoms. The molecule has 0 fully saturated rings. The third kappa shape index (κ3) is 4.17. The zero-order chi connectivity index (χ0) is 16.2. The van der Waals surface area contributed by atoms with Crippen molar-refractivity contribution in [3.05, 3.63) is 94.0 Å². The molecule has 3 aromatic carbocycles. The van der Waals surface area contributed by atoms with Crippen LogP contribution < -0.4 is 4.74 Å². The Labute approximate surface area is 141 Å². The molecule has 0 atom stereocenters. The molecule has 116 valence electrons. The SMILES string of the molecule is Fc1ccc(Oc2ccc(Cc3ccc(Br)cc3F)cc2)cc1. The van der Waals surface area contributed by atoms with Gasteiger partial charge in [-0.05, 0) is 59.7 Å². The van der Waals surface area contributed by atoms with Crippen molar-refractivity contribution in [2.45, 2.75) is 6.42 Å². The Kier molecular flexibility index (Phi) is 4.72. The van der Waals surface area contributed by atoms with Gasteiger partial charge in [0.15, 0.2) is 0 Å². The number of ether oxygens (including phenoxy) is 1. The highest BCUT2D eigenvalue weighted by Crippen LogP contribution is 2.23. The molecule has 0 bridgehead atoms. The van der Waals surface area contributed by atoms with Crippen LogP contribution in [-0.2, 0) is 6.42 Å². The summed E-state index contributed by atoms with van der Waals surface area (Å²) in [5.41, 5.74) is 1.62. The molecule has 0 saturated carbocycles. The summed E-state index contributed by atoms with van der Waals surface area (Å²) in [6, 6.07) is 18.3. The highest BCUT2D eigenvalue weighted by Gasteiger charge is 2.05. The maximum absolute atomic E-state index is 13.9. The molecule has 3 aromatic rings. The third-order valence-corrected chi connectivity index (χ3v) is 3.88. The van der Waals surface area contributed by atoms with Gasteiger partial charge in [-0.2, -0.15) is 0 Å². The van der Waals surface area contributed by atoms with E-state index in [1.54, 1.807) is 18.2 Å². The Morgan fingerprint density at radius 2 is 1.39 bits per heavy atom. The number of hydrogen-bond acceptors (Lipinski definition) is 1. The van der Waals surface area contributed by atoms with Crippen LogP contribution in [0.25, 0.3) is 0 Å². The molecule has 0 aliphatic heterocycles. The third-order valence-electron chi connectivity index (χ3n) is 3.38. The van der Waals surface area contributed by atoms with Gasteiger partial charge in [-0.25, -0.2) is 8.78 Å². The molecule has 0 unspecified atom stereocenters. The van der Waals surface area contributed by atoms with Crippen LogP contribution in [0.3, 0.4) is 0 Å². The average molecular weight is 375 g/mol. The minimum absolute atomic E-state index is 0.231. The first-order chi connectivity index (χ1) is 11.1. The van der Waals surface area contributed by atoms with Gasteiger partial charge >= 0.3 is 0 Å². The van der Waals surface area contributed by atoms with E-state index in [9.17, 15) is 8.78 Å². The van der Waals surface area contributed by atoms with Crippen LogP contribution in [-0.4, -0.2) is 0 Å². The molecule has 0 aliphatic carbocycles. The Morgan fingerprint density at radius 3 is 2.00 bits per heavy atom. The second-order valence-electron chi connectivity index (χ2n) is 5.11. The Bertz CT molecular complexity index is 799. The second-order valence-corrected chi connectivity index (χ2v) is 6.03. The van der Waals surface area contributed by atoms with E-state index >= 15 is 0 Å². The van der Waals surface area contributed by atoms with Crippen molar-refractivity contribution in [3.8, 4) is 11.5 Å². The molecule has 0 heterocycles. The van der Waals surface area contributed by atoms with Crippen molar-refractivity contribution < 1.29 is 13.5 Å². The fraction of sp³-hybridized carbons (Fsp3) is 0.0526. The van der Waals surface area contributed by atoms with Crippen LogP contribution in [0, 0.1) is 11.6 Å². The predicted molar refractivity (Wildman–Crippen MR) is 89.8 cm³/mol. The van der Waals surface area contributed by atoms with E-state index in [0.29, 0.717) is 23.5 Å². The maximum Gasteiger partial charge on any atom is 0.127 e. The van der Waals surface area contributed by atoms with Gasteiger partial charge in [0.1, 0.15) is 23.1 Å². The molecule has 0 N–H and O–H groups in total. The number of halogens is 3. The van der Waals surface area contributed by atoms with E-state index < -0.39 is 0 Å². The van der Waals surface area contributed by atoms with E-state index in [4.69, 9.17) is 4.74 Å². The van der Waals surface area contributed by atoms with Crippen LogP contribution in [0.15, 0.2) is 71.2 Å². The van der Waals surface area contributed by atoms with Crippen molar-refractivity contribution in [2.24, 2.45) is 0 Å². The van der Waals surface area contributed by atoms with Crippen LogP contribution >= 0.6 is 15.9 Å². The molecule has 0 saturated heterocycles. The van der Waals surface area contributed by atoms with Gasteiger partial charge in [-0.1, -0.05) is 34.1 Å². The van der Waals surface area contributed by atoms with Crippen molar-refractivity contribution >= 4 is 15.9 Å². The highest BCUT2D eigenvalue weighted by atomic mass is 79.9. The zero-order valence-corrected chi connectivity index (χ0v) is 13.7. The molecule has 1 nitrogen and oxygen atoms in total. The molecule has 0 amide bonds. The minimum Gasteiger partial charge on any atom is -0.457 e. The van der Waals surface area contributed by atoms with E-state index in [1.807, 2.05) is 30.3 Å². The first-order valence-electron chi connectivity index (χ1n) is 7.06. The molecule has 0 aliphatic rings. The largest absolute Gasteiger partial charge is 0.457 e. The molecular formula is C19H13BrF2O. The molecule has 0 spiro atoms. The van der Waals surface area contributed by atoms with Crippen LogP contribution in [0.5, 0.6) is 11.5 Å².